The Morgan fingerprint density at radius 1 is 1.15 bits per heavy atom. The van der Waals surface area contributed by atoms with E-state index in [0.717, 1.165) is 0 Å². The molecule has 2 aromatic rings. The molecule has 0 aromatic heterocycles. The maximum Gasteiger partial charge on any atom is 0.202 e. The van der Waals surface area contributed by atoms with Gasteiger partial charge < -0.3 is 4.74 Å². The van der Waals surface area contributed by atoms with E-state index in [4.69, 9.17) is 27.9 Å². The molecule has 1 unspecified atom stereocenters. The topological polar surface area (TPSA) is 26.3 Å². The maximum atomic E-state index is 12.2. The van der Waals surface area contributed by atoms with Crippen LogP contribution >= 0.6 is 39.1 Å². The lowest BCUT2D eigenvalue weighted by molar-refractivity contribution is 0.0818. The quantitative estimate of drug-likeness (QED) is 0.529. The number of ketones is 1. The lowest BCUT2D eigenvalue weighted by atomic mass is 10.1. The number of ether oxygens (including phenoxy) is 1. The SMILES string of the molecule is CC(Oc1cc(Cl)c(Br)cc1Cl)C(=O)c1ccccc1. The number of benzene rings is 2. The summed E-state index contributed by atoms with van der Waals surface area (Å²) in [5.41, 5.74) is 0.597. The number of carbonyl (C=O) groups excluding carboxylic acids is 1. The number of Topliss-reactive ketones (excluding diaryl/α,β-unsaturated/α-hetero) is 1. The first-order valence-corrected chi connectivity index (χ1v) is 7.44. The zero-order valence-corrected chi connectivity index (χ0v) is 13.7. The Morgan fingerprint density at radius 2 is 1.80 bits per heavy atom. The summed E-state index contributed by atoms with van der Waals surface area (Å²) in [5.74, 6) is 0.275. The highest BCUT2D eigenvalue weighted by molar-refractivity contribution is 9.10. The van der Waals surface area contributed by atoms with Crippen LogP contribution in [0.3, 0.4) is 0 Å². The van der Waals surface area contributed by atoms with Crippen LogP contribution in [0, 0.1) is 0 Å². The van der Waals surface area contributed by atoms with Gasteiger partial charge in [-0.25, -0.2) is 0 Å². The van der Waals surface area contributed by atoms with Gasteiger partial charge >= 0.3 is 0 Å². The minimum absolute atomic E-state index is 0.110. The van der Waals surface area contributed by atoms with E-state index >= 15 is 0 Å². The van der Waals surface area contributed by atoms with Gasteiger partial charge in [0.2, 0.25) is 5.78 Å². The van der Waals surface area contributed by atoms with Crippen molar-refractivity contribution >= 4 is 44.9 Å². The second-order valence-corrected chi connectivity index (χ2v) is 5.86. The molecule has 0 N–H and O–H groups in total. The summed E-state index contributed by atoms with van der Waals surface area (Å²) in [6.45, 7) is 1.68. The van der Waals surface area contributed by atoms with Gasteiger partial charge in [0.25, 0.3) is 0 Å². The molecule has 104 valence electrons. The zero-order chi connectivity index (χ0) is 14.7. The molecular weight excluding hydrogens is 363 g/mol. The van der Waals surface area contributed by atoms with Crippen molar-refractivity contribution in [3.05, 3.63) is 62.5 Å². The van der Waals surface area contributed by atoms with Gasteiger partial charge in [0, 0.05) is 16.1 Å². The molecule has 0 fully saturated rings. The monoisotopic (exact) mass is 372 g/mol. The second kappa shape index (κ2) is 6.61. The standard InChI is InChI=1S/C15H11BrCl2O2/c1-9(15(19)10-5-3-2-4-6-10)20-14-8-12(17)11(16)7-13(14)18/h2-9H,1H3. The first kappa shape index (κ1) is 15.4. The average molecular weight is 374 g/mol. The first-order chi connectivity index (χ1) is 9.49. The van der Waals surface area contributed by atoms with E-state index in [-0.39, 0.29) is 5.78 Å². The van der Waals surface area contributed by atoms with Crippen molar-refractivity contribution in [2.24, 2.45) is 0 Å². The molecule has 0 aliphatic rings. The van der Waals surface area contributed by atoms with E-state index < -0.39 is 6.10 Å². The Bertz CT molecular complexity index is 629. The van der Waals surface area contributed by atoms with Crippen LogP contribution in [0.1, 0.15) is 17.3 Å². The second-order valence-electron chi connectivity index (χ2n) is 4.19. The van der Waals surface area contributed by atoms with Gasteiger partial charge in [-0.3, -0.25) is 4.79 Å². The third kappa shape index (κ3) is 3.54. The number of hydrogen-bond donors (Lipinski definition) is 0. The van der Waals surface area contributed by atoms with E-state index in [9.17, 15) is 4.79 Å². The van der Waals surface area contributed by atoms with Crippen LogP contribution in [0.15, 0.2) is 46.9 Å². The van der Waals surface area contributed by atoms with Crippen LogP contribution in [0.2, 0.25) is 10.0 Å². The molecule has 0 radical (unpaired) electrons. The smallest absolute Gasteiger partial charge is 0.202 e. The fourth-order valence-electron chi connectivity index (χ4n) is 1.68. The summed E-state index contributed by atoms with van der Waals surface area (Å²) in [5, 5.41) is 0.873. The van der Waals surface area contributed by atoms with Gasteiger partial charge in [0.1, 0.15) is 5.75 Å². The summed E-state index contributed by atoms with van der Waals surface area (Å²) in [7, 11) is 0. The molecule has 0 saturated heterocycles. The molecule has 5 heteroatoms. The van der Waals surface area contributed by atoms with Crippen LogP contribution in [0.4, 0.5) is 0 Å². The predicted octanol–water partition coefficient (Wildman–Crippen LogP) is 5.41. The fourth-order valence-corrected chi connectivity index (χ4v) is 2.51. The Labute approximate surface area is 135 Å². The van der Waals surface area contributed by atoms with Crippen molar-refractivity contribution in [3.63, 3.8) is 0 Å². The minimum atomic E-state index is -0.646. The van der Waals surface area contributed by atoms with Gasteiger partial charge in [-0.1, -0.05) is 53.5 Å². The Hall–Kier alpha value is -1.03. The summed E-state index contributed by atoms with van der Waals surface area (Å²) in [4.78, 5) is 12.2. The van der Waals surface area contributed by atoms with Gasteiger partial charge in [-0.05, 0) is 28.9 Å². The van der Waals surface area contributed by atoms with Crippen LogP contribution in [-0.4, -0.2) is 11.9 Å². The Morgan fingerprint density at radius 3 is 2.45 bits per heavy atom. The zero-order valence-electron chi connectivity index (χ0n) is 10.6. The average Bonchev–Trinajstić information content (AvgIpc) is 2.44. The molecule has 20 heavy (non-hydrogen) atoms. The summed E-state index contributed by atoms with van der Waals surface area (Å²) in [6.07, 6.45) is -0.646. The molecule has 0 spiro atoms. The molecule has 0 heterocycles. The van der Waals surface area contributed by atoms with E-state index in [1.807, 2.05) is 18.2 Å². The highest BCUT2D eigenvalue weighted by atomic mass is 79.9. The lowest BCUT2D eigenvalue weighted by Gasteiger charge is -2.15. The number of rotatable bonds is 4. The minimum Gasteiger partial charge on any atom is -0.481 e. The predicted molar refractivity (Wildman–Crippen MR) is 85.0 cm³/mol. The van der Waals surface area contributed by atoms with Crippen molar-refractivity contribution < 1.29 is 9.53 Å². The van der Waals surface area contributed by atoms with Crippen molar-refractivity contribution in [3.8, 4) is 5.75 Å². The van der Waals surface area contributed by atoms with E-state index in [1.165, 1.54) is 0 Å². The normalized spacial score (nSPS) is 12.0. The van der Waals surface area contributed by atoms with Crippen molar-refractivity contribution in [1.82, 2.24) is 0 Å². The molecule has 0 aliphatic carbocycles. The first-order valence-electron chi connectivity index (χ1n) is 5.89. The van der Waals surface area contributed by atoms with Crippen LogP contribution in [0.5, 0.6) is 5.75 Å². The highest BCUT2D eigenvalue weighted by Gasteiger charge is 2.18. The molecule has 2 aromatic carbocycles. The molecular formula is C15H11BrCl2O2. The van der Waals surface area contributed by atoms with E-state index in [2.05, 4.69) is 15.9 Å². The van der Waals surface area contributed by atoms with Crippen molar-refractivity contribution in [2.45, 2.75) is 13.0 Å². The van der Waals surface area contributed by atoms with E-state index in [0.29, 0.717) is 25.8 Å². The third-order valence-corrected chi connectivity index (χ3v) is 4.20. The highest BCUT2D eigenvalue weighted by Crippen LogP contribution is 2.34. The van der Waals surface area contributed by atoms with Crippen LogP contribution in [0.25, 0.3) is 0 Å². The van der Waals surface area contributed by atoms with E-state index in [1.54, 1.807) is 31.2 Å². The third-order valence-electron chi connectivity index (χ3n) is 2.71. The maximum absolute atomic E-state index is 12.2. The summed E-state index contributed by atoms with van der Waals surface area (Å²) < 4.78 is 6.29. The Balaban J connectivity index is 2.18. The molecule has 1 atom stereocenters. The van der Waals surface area contributed by atoms with Crippen molar-refractivity contribution in [1.29, 1.82) is 0 Å². The molecule has 2 nitrogen and oxygen atoms in total. The van der Waals surface area contributed by atoms with Gasteiger partial charge in [-0.15, -0.1) is 0 Å². The molecule has 2 rings (SSSR count). The van der Waals surface area contributed by atoms with Gasteiger partial charge in [0.15, 0.2) is 6.10 Å². The van der Waals surface area contributed by atoms with Crippen LogP contribution in [-0.2, 0) is 0 Å². The summed E-state index contributed by atoms with van der Waals surface area (Å²) >= 11 is 15.3. The Kier molecular flexibility index (Phi) is 5.08. The van der Waals surface area contributed by atoms with Gasteiger partial charge in [-0.2, -0.15) is 0 Å². The van der Waals surface area contributed by atoms with Gasteiger partial charge in [0.05, 0.1) is 10.0 Å². The lowest BCUT2D eigenvalue weighted by Crippen LogP contribution is -2.24. The molecule has 0 saturated carbocycles. The largest absolute Gasteiger partial charge is 0.481 e. The summed E-state index contributed by atoms with van der Waals surface area (Å²) in [6, 6.07) is 12.2. The molecule has 0 bridgehead atoms. The van der Waals surface area contributed by atoms with Crippen molar-refractivity contribution in [2.75, 3.05) is 0 Å². The number of halogens is 3. The number of hydrogen-bond acceptors (Lipinski definition) is 2. The fraction of sp³-hybridized carbons (Fsp3) is 0.133. The van der Waals surface area contributed by atoms with Crippen LogP contribution < -0.4 is 4.74 Å². The molecule has 0 amide bonds. The number of carbonyl (C=O) groups is 1. The molecule has 0 aliphatic heterocycles.